The number of anilines is 2. The maximum Gasteiger partial charge on any atom is 0.311 e. The standard InChI is InChI=1S/C17H16BrN3O4S/c1-25-14(22)8-11-9-26-17(19-11)20-15(23)13-5-6-21(16(13)24)12-4-2-3-10(18)7-12/h2-4,7,9,13H,5-6,8H2,1H3,(H,19,20,23). The van der Waals surface area contributed by atoms with E-state index >= 15 is 0 Å². The van der Waals surface area contributed by atoms with Crippen LogP contribution in [0.2, 0.25) is 0 Å². The van der Waals surface area contributed by atoms with Crippen LogP contribution in [0.5, 0.6) is 0 Å². The number of amides is 2. The molecule has 136 valence electrons. The fourth-order valence-corrected chi connectivity index (χ4v) is 3.78. The van der Waals surface area contributed by atoms with Gasteiger partial charge < -0.3 is 15.0 Å². The van der Waals surface area contributed by atoms with E-state index in [4.69, 9.17) is 0 Å². The molecule has 9 heteroatoms. The van der Waals surface area contributed by atoms with Gasteiger partial charge in [-0.2, -0.15) is 0 Å². The number of benzene rings is 1. The van der Waals surface area contributed by atoms with Gasteiger partial charge in [-0.1, -0.05) is 22.0 Å². The number of hydrogen-bond donors (Lipinski definition) is 1. The molecule has 0 saturated carbocycles. The first-order chi connectivity index (χ1) is 12.5. The van der Waals surface area contributed by atoms with Gasteiger partial charge in [0.2, 0.25) is 11.8 Å². The summed E-state index contributed by atoms with van der Waals surface area (Å²) in [4.78, 5) is 42.1. The third-order valence-corrected chi connectivity index (χ3v) is 5.28. The average Bonchev–Trinajstić information content (AvgIpc) is 3.21. The number of ether oxygens (including phenoxy) is 1. The largest absolute Gasteiger partial charge is 0.469 e. The van der Waals surface area contributed by atoms with Crippen molar-refractivity contribution in [3.63, 3.8) is 0 Å². The Bertz CT molecular complexity index is 854. The zero-order valence-corrected chi connectivity index (χ0v) is 16.3. The predicted molar refractivity (Wildman–Crippen MR) is 101 cm³/mol. The zero-order valence-electron chi connectivity index (χ0n) is 13.9. The molecule has 1 aromatic carbocycles. The number of esters is 1. The molecule has 0 bridgehead atoms. The molecule has 0 spiro atoms. The minimum atomic E-state index is -0.748. The van der Waals surface area contributed by atoms with Crippen LogP contribution in [-0.4, -0.2) is 36.4 Å². The average molecular weight is 438 g/mol. The van der Waals surface area contributed by atoms with Crippen molar-refractivity contribution >= 4 is 55.9 Å². The van der Waals surface area contributed by atoms with E-state index in [1.54, 1.807) is 10.3 Å². The van der Waals surface area contributed by atoms with Crippen molar-refractivity contribution in [2.45, 2.75) is 12.8 Å². The Morgan fingerprint density at radius 1 is 1.46 bits per heavy atom. The molecule has 1 N–H and O–H groups in total. The Balaban J connectivity index is 1.64. The highest BCUT2D eigenvalue weighted by Gasteiger charge is 2.38. The van der Waals surface area contributed by atoms with E-state index in [1.807, 2.05) is 24.3 Å². The number of aromatic nitrogens is 1. The van der Waals surface area contributed by atoms with Gasteiger partial charge in [0.15, 0.2) is 5.13 Å². The summed E-state index contributed by atoms with van der Waals surface area (Å²) in [5.41, 5.74) is 1.28. The van der Waals surface area contributed by atoms with E-state index in [-0.39, 0.29) is 18.2 Å². The summed E-state index contributed by atoms with van der Waals surface area (Å²) < 4.78 is 5.46. The van der Waals surface area contributed by atoms with Crippen LogP contribution < -0.4 is 10.2 Å². The summed E-state index contributed by atoms with van der Waals surface area (Å²) in [7, 11) is 1.31. The van der Waals surface area contributed by atoms with Gasteiger partial charge in [0, 0.05) is 22.1 Å². The summed E-state index contributed by atoms with van der Waals surface area (Å²) >= 11 is 4.59. The number of carbonyl (C=O) groups is 3. The quantitative estimate of drug-likeness (QED) is 0.573. The lowest BCUT2D eigenvalue weighted by molar-refractivity contribution is -0.139. The topological polar surface area (TPSA) is 88.6 Å². The van der Waals surface area contributed by atoms with Crippen LogP contribution in [0.4, 0.5) is 10.8 Å². The summed E-state index contributed by atoms with van der Waals surface area (Å²) in [6.07, 6.45) is 0.486. The van der Waals surface area contributed by atoms with Gasteiger partial charge in [-0.15, -0.1) is 11.3 Å². The van der Waals surface area contributed by atoms with Gasteiger partial charge in [0.25, 0.3) is 0 Å². The number of hydrogen-bond acceptors (Lipinski definition) is 6. The Labute approximate surface area is 162 Å². The second-order valence-corrected chi connectivity index (χ2v) is 7.47. The van der Waals surface area contributed by atoms with Crippen LogP contribution in [0.15, 0.2) is 34.1 Å². The Morgan fingerprint density at radius 2 is 2.27 bits per heavy atom. The van der Waals surface area contributed by atoms with Crippen molar-refractivity contribution in [1.82, 2.24) is 4.98 Å². The zero-order chi connectivity index (χ0) is 18.7. The third kappa shape index (κ3) is 4.10. The second kappa shape index (κ2) is 7.96. The van der Waals surface area contributed by atoms with E-state index in [2.05, 4.69) is 31.0 Å². The molecule has 1 fully saturated rings. The number of nitrogens with one attached hydrogen (secondary N) is 1. The van der Waals surface area contributed by atoms with Gasteiger partial charge in [0.05, 0.1) is 19.2 Å². The highest BCUT2D eigenvalue weighted by Crippen LogP contribution is 2.28. The summed E-state index contributed by atoms with van der Waals surface area (Å²) in [6, 6.07) is 7.40. The van der Waals surface area contributed by atoms with Crippen molar-refractivity contribution in [2.24, 2.45) is 5.92 Å². The van der Waals surface area contributed by atoms with Crippen LogP contribution in [0.3, 0.4) is 0 Å². The minimum Gasteiger partial charge on any atom is -0.469 e. The molecule has 26 heavy (non-hydrogen) atoms. The number of thiazole rings is 1. The van der Waals surface area contributed by atoms with E-state index in [1.165, 1.54) is 18.4 Å². The first kappa shape index (κ1) is 18.5. The summed E-state index contributed by atoms with van der Waals surface area (Å²) in [5, 5.41) is 4.71. The molecule has 1 aliphatic heterocycles. The molecule has 1 saturated heterocycles. The lowest BCUT2D eigenvalue weighted by Crippen LogP contribution is -2.33. The van der Waals surface area contributed by atoms with Crippen molar-refractivity contribution in [3.05, 3.63) is 39.8 Å². The minimum absolute atomic E-state index is 0.0435. The SMILES string of the molecule is COC(=O)Cc1csc(NC(=O)C2CCN(c3cccc(Br)c3)C2=O)n1. The third-order valence-electron chi connectivity index (χ3n) is 3.98. The molecule has 1 atom stereocenters. The van der Waals surface area contributed by atoms with Gasteiger partial charge in [0.1, 0.15) is 5.92 Å². The van der Waals surface area contributed by atoms with Gasteiger partial charge >= 0.3 is 5.97 Å². The molecule has 2 aromatic rings. The highest BCUT2D eigenvalue weighted by molar-refractivity contribution is 9.10. The number of nitrogens with zero attached hydrogens (tertiary/aromatic N) is 2. The van der Waals surface area contributed by atoms with Crippen LogP contribution in [0, 0.1) is 5.92 Å². The van der Waals surface area contributed by atoms with Crippen molar-refractivity contribution in [1.29, 1.82) is 0 Å². The normalized spacial score (nSPS) is 16.6. The second-order valence-electron chi connectivity index (χ2n) is 5.70. The highest BCUT2D eigenvalue weighted by atomic mass is 79.9. The lowest BCUT2D eigenvalue weighted by atomic mass is 10.1. The van der Waals surface area contributed by atoms with Crippen LogP contribution in [0.25, 0.3) is 0 Å². The molecule has 0 radical (unpaired) electrons. The van der Waals surface area contributed by atoms with E-state index in [0.717, 1.165) is 10.2 Å². The number of methoxy groups -OCH3 is 1. The predicted octanol–water partition coefficient (Wildman–Crippen LogP) is 2.61. The summed E-state index contributed by atoms with van der Waals surface area (Å²) in [5.74, 6) is -1.76. The maximum absolute atomic E-state index is 12.6. The van der Waals surface area contributed by atoms with Crippen molar-refractivity contribution < 1.29 is 19.1 Å². The van der Waals surface area contributed by atoms with Crippen LogP contribution >= 0.6 is 27.3 Å². The summed E-state index contributed by atoms with van der Waals surface area (Å²) in [6.45, 7) is 0.485. The van der Waals surface area contributed by atoms with E-state index in [9.17, 15) is 14.4 Å². The monoisotopic (exact) mass is 437 g/mol. The molecule has 1 aliphatic rings. The number of halogens is 1. The Hall–Kier alpha value is -2.26. The first-order valence-electron chi connectivity index (χ1n) is 7.87. The Morgan fingerprint density at radius 3 is 3.00 bits per heavy atom. The van der Waals surface area contributed by atoms with Gasteiger partial charge in [-0.25, -0.2) is 4.98 Å². The number of carbonyl (C=O) groups excluding carboxylic acids is 3. The molecule has 1 unspecified atom stereocenters. The molecule has 1 aromatic heterocycles. The fraction of sp³-hybridized carbons (Fsp3) is 0.294. The molecular formula is C17H16BrN3O4S. The Kier molecular flexibility index (Phi) is 5.67. The number of rotatable bonds is 5. The van der Waals surface area contributed by atoms with Gasteiger partial charge in [-0.05, 0) is 24.6 Å². The fourth-order valence-electron chi connectivity index (χ4n) is 2.68. The molecule has 2 heterocycles. The lowest BCUT2D eigenvalue weighted by Gasteiger charge is -2.16. The van der Waals surface area contributed by atoms with E-state index in [0.29, 0.717) is 23.8 Å². The first-order valence-corrected chi connectivity index (χ1v) is 9.54. The molecule has 7 nitrogen and oxygen atoms in total. The maximum atomic E-state index is 12.6. The molecule has 3 rings (SSSR count). The molecule has 2 amide bonds. The van der Waals surface area contributed by atoms with Crippen LogP contribution in [-0.2, 0) is 25.5 Å². The van der Waals surface area contributed by atoms with Crippen molar-refractivity contribution in [3.8, 4) is 0 Å². The molecular weight excluding hydrogens is 422 g/mol. The molecule has 0 aliphatic carbocycles. The van der Waals surface area contributed by atoms with Gasteiger partial charge in [-0.3, -0.25) is 14.4 Å². The van der Waals surface area contributed by atoms with E-state index < -0.39 is 11.9 Å². The van der Waals surface area contributed by atoms with Crippen molar-refractivity contribution in [2.75, 3.05) is 23.9 Å². The smallest absolute Gasteiger partial charge is 0.311 e. The van der Waals surface area contributed by atoms with Crippen LogP contribution in [0.1, 0.15) is 12.1 Å².